The van der Waals surface area contributed by atoms with Crippen molar-refractivity contribution in [2.75, 3.05) is 30.8 Å². The van der Waals surface area contributed by atoms with Gasteiger partial charge >= 0.3 is 0 Å². The minimum absolute atomic E-state index is 0.107. The van der Waals surface area contributed by atoms with Crippen molar-refractivity contribution in [3.05, 3.63) is 11.9 Å². The molecule has 2 N–H and O–H groups in total. The monoisotopic (exact) mass is 278 g/mol. The van der Waals surface area contributed by atoms with E-state index in [1.54, 1.807) is 7.11 Å². The lowest BCUT2D eigenvalue weighted by atomic mass is 9.94. The van der Waals surface area contributed by atoms with Gasteiger partial charge in [-0.15, -0.1) is 0 Å². The number of nitrogens with two attached hydrogens (primary N) is 1. The molecule has 0 aromatic carbocycles. The third-order valence-electron chi connectivity index (χ3n) is 3.88. The fraction of sp³-hybridized carbons (Fsp3) is 0.733. The van der Waals surface area contributed by atoms with Crippen molar-refractivity contribution in [1.82, 2.24) is 9.97 Å². The first-order valence-corrected chi connectivity index (χ1v) is 7.19. The van der Waals surface area contributed by atoms with Crippen LogP contribution in [0.25, 0.3) is 0 Å². The molecule has 0 spiro atoms. The first kappa shape index (κ1) is 15.0. The number of rotatable bonds is 2. The molecule has 1 fully saturated rings. The van der Waals surface area contributed by atoms with Gasteiger partial charge in [0.2, 0.25) is 0 Å². The molecule has 1 aliphatic heterocycles. The Labute approximate surface area is 121 Å². The Hall–Kier alpha value is -1.36. The number of nitrogen functional groups attached to an aromatic ring is 1. The average molecular weight is 278 g/mol. The van der Waals surface area contributed by atoms with Gasteiger partial charge in [0.1, 0.15) is 17.5 Å². The van der Waals surface area contributed by atoms with E-state index >= 15 is 0 Å². The van der Waals surface area contributed by atoms with E-state index in [1.807, 2.05) is 6.07 Å². The van der Waals surface area contributed by atoms with Crippen LogP contribution in [0.3, 0.4) is 0 Å². The summed E-state index contributed by atoms with van der Waals surface area (Å²) in [6.45, 7) is 10.3. The van der Waals surface area contributed by atoms with Crippen LogP contribution in [-0.2, 0) is 10.2 Å². The van der Waals surface area contributed by atoms with Crippen molar-refractivity contribution in [3.63, 3.8) is 0 Å². The number of anilines is 2. The van der Waals surface area contributed by atoms with Gasteiger partial charge in [-0.05, 0) is 19.8 Å². The molecule has 0 aliphatic carbocycles. The van der Waals surface area contributed by atoms with E-state index in [2.05, 4.69) is 37.6 Å². The van der Waals surface area contributed by atoms with E-state index in [0.717, 1.165) is 37.6 Å². The summed E-state index contributed by atoms with van der Waals surface area (Å²) in [5.41, 5.74) is 5.74. The summed E-state index contributed by atoms with van der Waals surface area (Å²) in [6, 6.07) is 1.86. The van der Waals surface area contributed by atoms with E-state index < -0.39 is 0 Å². The highest BCUT2D eigenvalue weighted by atomic mass is 16.5. The van der Waals surface area contributed by atoms with Gasteiger partial charge in [0.05, 0.1) is 5.60 Å². The second-order valence-electron chi connectivity index (χ2n) is 6.90. The van der Waals surface area contributed by atoms with E-state index in [-0.39, 0.29) is 11.0 Å². The van der Waals surface area contributed by atoms with Crippen LogP contribution < -0.4 is 10.6 Å². The van der Waals surface area contributed by atoms with Gasteiger partial charge in [0.15, 0.2) is 0 Å². The molecule has 0 saturated carbocycles. The van der Waals surface area contributed by atoms with Gasteiger partial charge in [-0.2, -0.15) is 0 Å². The van der Waals surface area contributed by atoms with Crippen LogP contribution in [0.5, 0.6) is 0 Å². The fourth-order valence-corrected chi connectivity index (χ4v) is 2.52. The van der Waals surface area contributed by atoms with Gasteiger partial charge in [0.25, 0.3) is 0 Å². The summed E-state index contributed by atoms with van der Waals surface area (Å²) in [4.78, 5) is 11.3. The SMILES string of the molecule is COC1(C)CCCN(c2cc(N)nc(C(C)(C)C)n2)C1. The minimum Gasteiger partial charge on any atom is -0.384 e. The Morgan fingerprint density at radius 1 is 1.35 bits per heavy atom. The zero-order valence-corrected chi connectivity index (χ0v) is 13.2. The van der Waals surface area contributed by atoms with Crippen molar-refractivity contribution in [2.45, 2.75) is 51.6 Å². The van der Waals surface area contributed by atoms with Crippen LogP contribution in [0.1, 0.15) is 46.4 Å². The molecule has 0 bridgehead atoms. The van der Waals surface area contributed by atoms with E-state index in [9.17, 15) is 0 Å². The fourth-order valence-electron chi connectivity index (χ4n) is 2.52. The summed E-state index contributed by atoms with van der Waals surface area (Å²) < 4.78 is 5.64. The predicted octanol–water partition coefficient (Wildman–Crippen LogP) is 2.36. The molecule has 0 amide bonds. The quantitative estimate of drug-likeness (QED) is 0.899. The minimum atomic E-state index is -0.111. The van der Waals surface area contributed by atoms with Crippen LogP contribution >= 0.6 is 0 Å². The van der Waals surface area contributed by atoms with Crippen LogP contribution in [0.4, 0.5) is 11.6 Å². The smallest absolute Gasteiger partial charge is 0.138 e. The summed E-state index contributed by atoms with van der Waals surface area (Å²) in [6.07, 6.45) is 2.17. The molecule has 1 aliphatic rings. The molecule has 1 unspecified atom stereocenters. The molecule has 1 aromatic heterocycles. The highest BCUT2D eigenvalue weighted by molar-refractivity contribution is 5.48. The van der Waals surface area contributed by atoms with Crippen molar-refractivity contribution in [3.8, 4) is 0 Å². The zero-order valence-electron chi connectivity index (χ0n) is 13.2. The van der Waals surface area contributed by atoms with Crippen LogP contribution in [0.2, 0.25) is 0 Å². The number of methoxy groups -OCH3 is 1. The number of ether oxygens (including phenoxy) is 1. The van der Waals surface area contributed by atoms with Crippen LogP contribution in [-0.4, -0.2) is 35.8 Å². The average Bonchev–Trinajstić information content (AvgIpc) is 2.37. The molecule has 20 heavy (non-hydrogen) atoms. The topological polar surface area (TPSA) is 64.3 Å². The van der Waals surface area contributed by atoms with Crippen molar-refractivity contribution in [2.24, 2.45) is 0 Å². The first-order chi connectivity index (χ1) is 9.23. The maximum atomic E-state index is 5.95. The Balaban J connectivity index is 2.31. The molecule has 5 nitrogen and oxygen atoms in total. The van der Waals surface area contributed by atoms with Gasteiger partial charge in [-0.25, -0.2) is 9.97 Å². The number of hydrogen-bond acceptors (Lipinski definition) is 5. The lowest BCUT2D eigenvalue weighted by molar-refractivity contribution is -0.00482. The highest BCUT2D eigenvalue weighted by Crippen LogP contribution is 2.29. The van der Waals surface area contributed by atoms with Crippen molar-refractivity contribution < 1.29 is 4.74 Å². The molecule has 2 heterocycles. The Morgan fingerprint density at radius 3 is 2.65 bits per heavy atom. The first-order valence-electron chi connectivity index (χ1n) is 7.19. The van der Waals surface area contributed by atoms with E-state index in [0.29, 0.717) is 5.82 Å². The van der Waals surface area contributed by atoms with Gasteiger partial charge in [-0.3, -0.25) is 0 Å². The maximum Gasteiger partial charge on any atom is 0.138 e. The molecular formula is C15H26N4O. The van der Waals surface area contributed by atoms with Crippen molar-refractivity contribution in [1.29, 1.82) is 0 Å². The summed E-state index contributed by atoms with van der Waals surface area (Å²) in [5.74, 6) is 2.23. The Kier molecular flexibility index (Phi) is 3.91. The van der Waals surface area contributed by atoms with E-state index in [4.69, 9.17) is 15.5 Å². The van der Waals surface area contributed by atoms with E-state index in [1.165, 1.54) is 0 Å². The standard InChI is InChI=1S/C15H26N4O/c1-14(2,3)13-17-11(16)9-12(18-13)19-8-6-7-15(4,10-19)20-5/h9H,6-8,10H2,1-5H3,(H2,16,17,18). The molecule has 112 valence electrons. The Bertz CT molecular complexity index is 483. The molecule has 1 saturated heterocycles. The molecule has 5 heteroatoms. The number of piperidine rings is 1. The number of hydrogen-bond donors (Lipinski definition) is 1. The lowest BCUT2D eigenvalue weighted by Crippen LogP contribution is -2.48. The summed E-state index contributed by atoms with van der Waals surface area (Å²) >= 11 is 0. The maximum absolute atomic E-state index is 5.95. The Morgan fingerprint density at radius 2 is 2.05 bits per heavy atom. The normalized spacial score (nSPS) is 23.9. The van der Waals surface area contributed by atoms with Gasteiger partial charge in [-0.1, -0.05) is 20.8 Å². The molecular weight excluding hydrogens is 252 g/mol. The number of aromatic nitrogens is 2. The van der Waals surface area contributed by atoms with Crippen LogP contribution in [0, 0.1) is 0 Å². The van der Waals surface area contributed by atoms with Gasteiger partial charge in [0, 0.05) is 31.7 Å². The number of nitrogens with zero attached hydrogens (tertiary/aromatic N) is 3. The zero-order chi connectivity index (χ0) is 15.0. The lowest BCUT2D eigenvalue weighted by Gasteiger charge is -2.40. The molecule has 1 atom stereocenters. The second-order valence-corrected chi connectivity index (χ2v) is 6.90. The predicted molar refractivity (Wildman–Crippen MR) is 82.0 cm³/mol. The third-order valence-corrected chi connectivity index (χ3v) is 3.88. The summed E-state index contributed by atoms with van der Waals surface area (Å²) in [7, 11) is 1.78. The summed E-state index contributed by atoms with van der Waals surface area (Å²) in [5, 5.41) is 0. The third kappa shape index (κ3) is 3.20. The van der Waals surface area contributed by atoms with Gasteiger partial charge < -0.3 is 15.4 Å². The molecule has 2 rings (SSSR count). The van der Waals surface area contributed by atoms with Crippen LogP contribution in [0.15, 0.2) is 6.07 Å². The molecule has 0 radical (unpaired) electrons. The second kappa shape index (κ2) is 5.20. The molecule has 1 aromatic rings. The highest BCUT2D eigenvalue weighted by Gasteiger charge is 2.32. The largest absolute Gasteiger partial charge is 0.384 e. The van der Waals surface area contributed by atoms with Crippen molar-refractivity contribution >= 4 is 11.6 Å².